The van der Waals surface area contributed by atoms with E-state index in [4.69, 9.17) is 34.9 Å². The summed E-state index contributed by atoms with van der Waals surface area (Å²) >= 11 is 1.76. The van der Waals surface area contributed by atoms with E-state index in [0.29, 0.717) is 0 Å². The van der Waals surface area contributed by atoms with Crippen molar-refractivity contribution in [2.45, 2.75) is 0 Å². The van der Waals surface area contributed by atoms with Crippen LogP contribution in [0.3, 0.4) is 0 Å². The number of pyridine rings is 7. The van der Waals surface area contributed by atoms with E-state index in [1.165, 1.54) is 81.0 Å². The van der Waals surface area contributed by atoms with Gasteiger partial charge in [-0.25, -0.2) is 34.9 Å². The molecule has 149 heavy (non-hydrogen) atoms. The summed E-state index contributed by atoms with van der Waals surface area (Å²) in [6, 6.07) is 162. The van der Waals surface area contributed by atoms with Gasteiger partial charge in [-0.1, -0.05) is 382 Å². The van der Waals surface area contributed by atoms with Gasteiger partial charge in [-0.05, 0) is 162 Å². The average Bonchev–Trinajstić information content (AvgIpc) is 1.62. The lowest BCUT2D eigenvalue weighted by atomic mass is 9.94. The molecule has 11 heterocycles. The lowest BCUT2D eigenvalue weighted by Crippen LogP contribution is -1.95. The lowest BCUT2D eigenvalue weighted by Gasteiger charge is -2.12. The molecule has 0 bridgehead atoms. The summed E-state index contributed by atoms with van der Waals surface area (Å²) in [5.41, 5.74) is 33.4. The van der Waals surface area contributed by atoms with Crippen molar-refractivity contribution in [3.8, 4) is 146 Å². The zero-order chi connectivity index (χ0) is 98.9. The fraction of sp³-hybridized carbons (Fsp3) is 0. The van der Waals surface area contributed by atoms with Crippen LogP contribution in [-0.4, -0.2) is 64.8 Å². The van der Waals surface area contributed by atoms with E-state index < -0.39 is 0 Å². The van der Waals surface area contributed by atoms with Crippen molar-refractivity contribution in [3.05, 3.63) is 517 Å². The Morgan fingerprint density at radius 2 is 0.477 bits per heavy atom. The van der Waals surface area contributed by atoms with Crippen molar-refractivity contribution in [3.63, 3.8) is 0 Å². The molecule has 0 fully saturated rings. The first-order valence-electron chi connectivity index (χ1n) is 49.6. The van der Waals surface area contributed by atoms with Gasteiger partial charge in [0, 0.05) is 153 Å². The van der Waals surface area contributed by atoms with Crippen LogP contribution in [0, 0.1) is 0 Å². The molecule has 0 N–H and O–H groups in total. The van der Waals surface area contributed by atoms with E-state index in [-0.39, 0.29) is 0 Å². The van der Waals surface area contributed by atoms with Gasteiger partial charge in [0.25, 0.3) is 0 Å². The summed E-state index contributed by atoms with van der Waals surface area (Å²) in [7, 11) is 0. The van der Waals surface area contributed by atoms with Gasteiger partial charge in [-0.15, -0.1) is 11.3 Å². The molecule has 11 aromatic heterocycles. The van der Waals surface area contributed by atoms with Gasteiger partial charge in [-0.3, -0.25) is 29.9 Å². The van der Waals surface area contributed by atoms with Crippen molar-refractivity contribution in [2.75, 3.05) is 0 Å². The maximum atomic E-state index is 5.11. The Labute approximate surface area is 861 Å². The Bertz CT molecular complexity index is 10100. The molecule has 14 heteroatoms. The zero-order valence-electron chi connectivity index (χ0n) is 80.3. The van der Waals surface area contributed by atoms with Crippen LogP contribution < -0.4 is 0 Å². The first-order chi connectivity index (χ1) is 73.9. The van der Waals surface area contributed by atoms with Crippen molar-refractivity contribution in [1.29, 1.82) is 0 Å². The summed E-state index contributed by atoms with van der Waals surface area (Å²) in [6.45, 7) is 0. The van der Waals surface area contributed by atoms with Crippen LogP contribution in [0.15, 0.2) is 517 Å². The highest BCUT2D eigenvalue weighted by Crippen LogP contribution is 2.45. The van der Waals surface area contributed by atoms with Crippen LogP contribution >= 0.6 is 11.3 Å². The Hall–Kier alpha value is -19.9. The third kappa shape index (κ3) is 17.5. The molecule has 0 aliphatic heterocycles. The van der Waals surface area contributed by atoms with Gasteiger partial charge < -0.3 is 0 Å². The predicted octanol–water partition coefficient (Wildman–Crippen LogP) is 34.5. The quantitative estimate of drug-likeness (QED) is 0.100. The molecular formula is C135H85N13S. The summed E-state index contributed by atoms with van der Waals surface area (Å²) in [5, 5.41) is 16.3. The minimum absolute atomic E-state index is 0.729. The van der Waals surface area contributed by atoms with E-state index in [2.05, 4.69) is 370 Å². The lowest BCUT2D eigenvalue weighted by molar-refractivity contribution is 1.23. The third-order valence-electron chi connectivity index (χ3n) is 27.7. The van der Waals surface area contributed by atoms with Crippen molar-refractivity contribution >= 4 is 140 Å². The van der Waals surface area contributed by atoms with Crippen molar-refractivity contribution in [2.24, 2.45) is 0 Å². The van der Waals surface area contributed by atoms with Crippen LogP contribution in [0.4, 0.5) is 0 Å². The predicted molar refractivity (Wildman–Crippen MR) is 616 cm³/mol. The standard InChI is InChI=1S/C35H21N3S.C34H22N4.2C33H21N3/c1-2-8-23(9-3-1)32-34-33(29-11-4-5-14-30(29)39-34)38-35(37-32)25-17-15-22(16-18-25)26-12-6-13-28-27(26)20-19-24-10-7-21-36-31(24)28;1-4-29(30-11-10-27-3-2-16-37-34(27)31(30)5-1)24-8-6-23(7-9-24)28-21-32(25-12-17-35-18-13-25)38-33(22-28)26-14-19-36-20-15-26;1-2-8-23(9-3-1)32-33(36-30-14-5-4-13-29(30)35-32)25-17-15-22(16-18-25)26-11-6-12-28-27(26)20-19-24-10-7-21-34-31(24)28;1-2-8-23(9-3-1)32-29-11-4-5-14-30(29)35-33(36-32)25-17-15-22(16-18-25)26-12-6-13-28-27(26)20-19-24-10-7-21-34-31(24)28/h1-21H;1-22H;2*1-21H. The zero-order valence-corrected chi connectivity index (χ0v) is 81.1. The van der Waals surface area contributed by atoms with Gasteiger partial charge >= 0.3 is 0 Å². The molecule has 696 valence electrons. The fourth-order valence-electron chi connectivity index (χ4n) is 20.4. The number of rotatable bonds is 13. The Morgan fingerprint density at radius 3 is 0.893 bits per heavy atom. The molecule has 18 aromatic carbocycles. The molecular weight excluding hydrogens is 1840 g/mol. The van der Waals surface area contributed by atoms with Crippen LogP contribution in [-0.2, 0) is 0 Å². The largest absolute Gasteiger partial charge is 0.265 e. The summed E-state index contributed by atoms with van der Waals surface area (Å²) in [6.07, 6.45) is 14.6. The van der Waals surface area contributed by atoms with Crippen LogP contribution in [0.25, 0.3) is 275 Å². The number of para-hydroxylation sites is 3. The van der Waals surface area contributed by atoms with E-state index in [0.717, 1.165) is 194 Å². The molecule has 0 atom stereocenters. The number of hydrogen-bond donors (Lipinski definition) is 0. The Kier molecular flexibility index (Phi) is 23.6. The normalized spacial score (nSPS) is 11.4. The molecule has 0 unspecified atom stereocenters. The number of fused-ring (bicyclic) bond motifs is 17. The van der Waals surface area contributed by atoms with Crippen molar-refractivity contribution in [1.82, 2.24) is 64.8 Å². The second kappa shape index (κ2) is 39.4. The van der Waals surface area contributed by atoms with Gasteiger partial charge in [-0.2, -0.15) is 0 Å². The summed E-state index contributed by atoms with van der Waals surface area (Å²) < 4.78 is 2.35. The molecule has 13 nitrogen and oxygen atoms in total. The monoisotopic (exact) mass is 1920 g/mol. The van der Waals surface area contributed by atoms with E-state index in [9.17, 15) is 0 Å². The van der Waals surface area contributed by atoms with Gasteiger partial charge in [0.05, 0.1) is 83.0 Å². The van der Waals surface area contributed by atoms with Crippen molar-refractivity contribution < 1.29 is 0 Å². The molecule has 0 spiro atoms. The van der Waals surface area contributed by atoms with Crippen LogP contribution in [0.2, 0.25) is 0 Å². The minimum atomic E-state index is 0.729. The Balaban J connectivity index is 0.000000100. The maximum absolute atomic E-state index is 5.11. The van der Waals surface area contributed by atoms with E-state index >= 15 is 0 Å². The van der Waals surface area contributed by atoms with Crippen LogP contribution in [0.5, 0.6) is 0 Å². The molecule has 0 saturated heterocycles. The second-order valence-corrected chi connectivity index (χ2v) is 37.7. The number of benzene rings is 18. The molecule has 0 aliphatic carbocycles. The number of hydrogen-bond acceptors (Lipinski definition) is 14. The molecule has 29 aromatic rings. The minimum Gasteiger partial charge on any atom is -0.265 e. The summed E-state index contributed by atoms with van der Waals surface area (Å²) in [5.74, 6) is 1.47. The van der Waals surface area contributed by atoms with Gasteiger partial charge in [0.15, 0.2) is 11.6 Å². The highest BCUT2D eigenvalue weighted by Gasteiger charge is 2.22. The summed E-state index contributed by atoms with van der Waals surface area (Å²) in [4.78, 5) is 62.1. The second-order valence-electron chi connectivity index (χ2n) is 36.7. The first kappa shape index (κ1) is 89.2. The van der Waals surface area contributed by atoms with Gasteiger partial charge in [0.2, 0.25) is 0 Å². The first-order valence-corrected chi connectivity index (χ1v) is 50.4. The smallest absolute Gasteiger partial charge is 0.160 e. The SMILES string of the molecule is c1ccc(-c2nc(-c3ccc(-c4cccc5c4ccc4cccnc45)cc3)nc3c2sc2ccccc23)cc1.c1ccc(-c2nc(-c3ccc(-c4cccc5c4ccc4cccnc45)cc3)nc3ccccc23)cc1.c1ccc(-c2nc3ccccc3nc2-c2ccc(-c3cccc4c3ccc3cccnc34)cc2)cc1.c1cnc2c(c1)ccc1c(-c3ccc(-c4cc(-c5ccncc5)nc(-c5ccncc5)c4)cc3)cccc12. The topological polar surface area (TPSA) is 168 Å². The number of aromatic nitrogens is 13. The average molecular weight is 1920 g/mol. The van der Waals surface area contributed by atoms with E-state index in [1.807, 2.05) is 152 Å². The highest BCUT2D eigenvalue weighted by molar-refractivity contribution is 7.26. The van der Waals surface area contributed by atoms with Crippen LogP contribution in [0.1, 0.15) is 0 Å². The molecule has 0 radical (unpaired) electrons. The molecule has 0 aliphatic rings. The molecule has 29 rings (SSSR count). The van der Waals surface area contributed by atoms with Gasteiger partial charge in [0.1, 0.15) is 0 Å². The molecule has 0 saturated carbocycles. The Morgan fingerprint density at radius 1 is 0.154 bits per heavy atom. The number of thiophene rings is 1. The highest BCUT2D eigenvalue weighted by atomic mass is 32.1. The third-order valence-corrected chi connectivity index (χ3v) is 28.9. The molecule has 0 amide bonds. The maximum Gasteiger partial charge on any atom is 0.160 e. The number of nitrogens with zero attached hydrogens (tertiary/aromatic N) is 13. The van der Waals surface area contributed by atoms with E-state index in [1.54, 1.807) is 36.1 Å². The fourth-order valence-corrected chi connectivity index (χ4v) is 21.6.